The van der Waals surface area contributed by atoms with Gasteiger partial charge in [0.2, 0.25) is 0 Å². The van der Waals surface area contributed by atoms with E-state index in [4.69, 9.17) is 0 Å². The fourth-order valence-electron chi connectivity index (χ4n) is 0.235. The van der Waals surface area contributed by atoms with Gasteiger partial charge in [0.15, 0.2) is 6.54 Å². The van der Waals surface area contributed by atoms with Gasteiger partial charge in [-0.15, -0.1) is 3.98 Å². The number of rotatable bonds is 2. The highest BCUT2D eigenvalue weighted by molar-refractivity contribution is 7.84. The first kappa shape index (κ1) is 7.62. The molecule has 0 aliphatic rings. The summed E-state index contributed by atoms with van der Waals surface area (Å²) < 4.78 is 21.9. The van der Waals surface area contributed by atoms with Gasteiger partial charge in [-0.3, -0.25) is 0 Å². The van der Waals surface area contributed by atoms with E-state index in [-0.39, 0.29) is 0 Å². The molecule has 3 nitrogen and oxygen atoms in total. The van der Waals surface area contributed by atoms with Gasteiger partial charge in [0.1, 0.15) is 6.72 Å². The van der Waals surface area contributed by atoms with Crippen molar-refractivity contribution in [3.63, 3.8) is 0 Å². The highest BCUT2D eigenvalue weighted by Gasteiger charge is 2.09. The highest BCUT2D eigenvalue weighted by atomic mass is 32.2. The van der Waals surface area contributed by atoms with Gasteiger partial charge in [-0.05, 0) is 6.92 Å². The lowest BCUT2D eigenvalue weighted by Crippen LogP contribution is -2.16. The lowest BCUT2D eigenvalue weighted by Gasteiger charge is -1.89. The monoisotopic (exact) mass is 136 g/mol. The summed E-state index contributed by atoms with van der Waals surface area (Å²) in [6, 6.07) is 0. The summed E-state index contributed by atoms with van der Waals surface area (Å²) in [4.78, 5) is 0. The van der Waals surface area contributed by atoms with Crippen LogP contribution in [0.15, 0.2) is 0 Å². The van der Waals surface area contributed by atoms with Gasteiger partial charge in [0, 0.05) is 0 Å². The fourth-order valence-corrected chi connectivity index (χ4v) is 0.704. The van der Waals surface area contributed by atoms with Crippen molar-refractivity contribution in [2.24, 2.45) is 0 Å². The Morgan fingerprint density at radius 3 is 2.00 bits per heavy atom. The average molecular weight is 136 g/mol. The van der Waals surface area contributed by atoms with Crippen LogP contribution in [0.1, 0.15) is 6.92 Å². The van der Waals surface area contributed by atoms with Gasteiger partial charge in [-0.25, -0.2) is 0 Å². The van der Waals surface area contributed by atoms with Crippen molar-refractivity contribution in [3.05, 3.63) is 0 Å². The molecule has 0 aliphatic carbocycles. The van der Waals surface area contributed by atoms with Gasteiger partial charge in [0.25, 0.3) is 0 Å². The smallest absolute Gasteiger partial charge is 0.164 e. The van der Waals surface area contributed by atoms with Crippen molar-refractivity contribution in [2.45, 2.75) is 6.92 Å². The van der Waals surface area contributed by atoms with Gasteiger partial charge >= 0.3 is 10.0 Å². The third-order valence-corrected chi connectivity index (χ3v) is 2.02. The van der Waals surface area contributed by atoms with E-state index in [2.05, 4.69) is 6.72 Å². The second-order valence-corrected chi connectivity index (χ2v) is 3.51. The van der Waals surface area contributed by atoms with Crippen LogP contribution in [0.25, 0.3) is 0 Å². The van der Waals surface area contributed by atoms with Crippen molar-refractivity contribution in [1.29, 1.82) is 0 Å². The van der Waals surface area contributed by atoms with Crippen molar-refractivity contribution in [1.82, 2.24) is 0 Å². The van der Waals surface area contributed by atoms with E-state index in [1.807, 2.05) is 0 Å². The van der Waals surface area contributed by atoms with Gasteiger partial charge in [0.05, 0.1) is 6.26 Å². The van der Waals surface area contributed by atoms with Crippen LogP contribution in [0, 0.1) is 0 Å². The molecule has 0 saturated heterocycles. The molecule has 0 spiro atoms. The topological polar surface area (TPSA) is 37.1 Å². The summed E-state index contributed by atoms with van der Waals surface area (Å²) in [5, 5.41) is 0. The second kappa shape index (κ2) is 2.26. The Morgan fingerprint density at radius 2 is 2.00 bits per heavy atom. The van der Waals surface area contributed by atoms with E-state index >= 15 is 0 Å². The Hall–Kier alpha value is -0.380. The molecule has 0 aliphatic heterocycles. The number of hydrogen-bond acceptors (Lipinski definition) is 2. The zero-order chi connectivity index (χ0) is 6.78. The van der Waals surface area contributed by atoms with Crippen LogP contribution in [0.3, 0.4) is 0 Å². The summed E-state index contributed by atoms with van der Waals surface area (Å²) in [6.45, 7) is 5.43. The lowest BCUT2D eigenvalue weighted by molar-refractivity contribution is -0.349. The minimum absolute atomic E-state index is 0.429. The second-order valence-electron chi connectivity index (χ2n) is 1.53. The van der Waals surface area contributed by atoms with Gasteiger partial charge in [-0.2, -0.15) is 8.42 Å². The summed E-state index contributed by atoms with van der Waals surface area (Å²) in [5.74, 6) is 0. The highest BCUT2D eigenvalue weighted by Crippen LogP contribution is 1.81. The Labute approximate surface area is 49.7 Å². The molecule has 8 heavy (non-hydrogen) atoms. The molecule has 0 atom stereocenters. The summed E-state index contributed by atoms with van der Waals surface area (Å²) in [6.07, 6.45) is 1.13. The molecule has 48 valence electrons. The first-order valence-corrected chi connectivity index (χ1v) is 4.11. The standard InChI is InChI=1S/C4H10NO2S/c1-4-5(2)8(3,6)7/h2,4H2,1,3H3/q+1. The quantitative estimate of drug-likeness (QED) is 0.385. The molecular formula is C4H10NO2S+. The lowest BCUT2D eigenvalue weighted by atomic mass is 10.8. The first-order valence-electron chi connectivity index (χ1n) is 2.26. The van der Waals surface area contributed by atoms with Gasteiger partial charge < -0.3 is 0 Å². The fraction of sp³-hybridized carbons (Fsp3) is 0.750. The molecule has 0 aromatic heterocycles. The number of sulfonamides is 1. The van der Waals surface area contributed by atoms with E-state index in [0.717, 1.165) is 10.2 Å². The van der Waals surface area contributed by atoms with Crippen LogP contribution >= 0.6 is 0 Å². The molecule has 0 fully saturated rings. The van der Waals surface area contributed by atoms with Crippen LogP contribution in [0.4, 0.5) is 0 Å². The Kier molecular flexibility index (Phi) is 2.15. The molecule has 0 amide bonds. The normalized spacial score (nSPS) is 11.2. The zero-order valence-corrected chi connectivity index (χ0v) is 5.90. The predicted octanol–water partition coefficient (Wildman–Crippen LogP) is -0.321. The molecule has 0 aromatic carbocycles. The molecule has 0 radical (unpaired) electrons. The molecule has 0 saturated carbocycles. The van der Waals surface area contributed by atoms with Gasteiger partial charge in [-0.1, -0.05) is 0 Å². The van der Waals surface area contributed by atoms with Crippen LogP contribution in [0.5, 0.6) is 0 Å². The first-order chi connectivity index (χ1) is 3.48. The SMILES string of the molecule is C=[N+](CC)S(C)(=O)=O. The number of hydrogen-bond donors (Lipinski definition) is 0. The summed E-state index contributed by atoms with van der Waals surface area (Å²) in [7, 11) is -3.03. The minimum atomic E-state index is -3.03. The Balaban J connectivity index is 4.29. The van der Waals surface area contributed by atoms with Crippen molar-refractivity contribution < 1.29 is 12.4 Å². The molecule has 0 aromatic rings. The number of nitrogens with zero attached hydrogens (tertiary/aromatic N) is 1. The van der Waals surface area contributed by atoms with E-state index in [1.54, 1.807) is 6.92 Å². The maximum atomic E-state index is 10.4. The molecule has 0 heterocycles. The van der Waals surface area contributed by atoms with Crippen molar-refractivity contribution >= 4 is 16.7 Å². The van der Waals surface area contributed by atoms with E-state index in [0.29, 0.717) is 6.54 Å². The molecular weight excluding hydrogens is 126 g/mol. The Morgan fingerprint density at radius 1 is 1.62 bits per heavy atom. The molecule has 0 N–H and O–H groups in total. The molecule has 0 bridgehead atoms. The zero-order valence-electron chi connectivity index (χ0n) is 5.09. The predicted molar refractivity (Wildman–Crippen MR) is 32.8 cm³/mol. The average Bonchev–Trinajstić information content (AvgIpc) is 1.62. The summed E-state index contributed by atoms with van der Waals surface area (Å²) in [5.41, 5.74) is 0. The summed E-state index contributed by atoms with van der Waals surface area (Å²) >= 11 is 0. The van der Waals surface area contributed by atoms with E-state index < -0.39 is 10.0 Å². The van der Waals surface area contributed by atoms with Crippen LogP contribution in [-0.4, -0.2) is 31.9 Å². The molecule has 0 unspecified atom stereocenters. The maximum absolute atomic E-state index is 10.4. The van der Waals surface area contributed by atoms with E-state index in [9.17, 15) is 8.42 Å². The van der Waals surface area contributed by atoms with Crippen molar-refractivity contribution in [3.8, 4) is 0 Å². The largest absolute Gasteiger partial charge is 0.361 e. The van der Waals surface area contributed by atoms with E-state index in [1.165, 1.54) is 0 Å². The Bertz CT molecular complexity index is 180. The van der Waals surface area contributed by atoms with Crippen LogP contribution < -0.4 is 0 Å². The maximum Gasteiger partial charge on any atom is 0.361 e. The molecule has 4 heteroatoms. The third-order valence-electron chi connectivity index (χ3n) is 0.822. The third kappa shape index (κ3) is 2.07. The van der Waals surface area contributed by atoms with Crippen LogP contribution in [-0.2, 0) is 10.0 Å². The van der Waals surface area contributed by atoms with Crippen LogP contribution in [0.2, 0.25) is 0 Å². The minimum Gasteiger partial charge on any atom is -0.164 e. The van der Waals surface area contributed by atoms with Crippen molar-refractivity contribution in [2.75, 3.05) is 12.8 Å². The molecule has 0 rings (SSSR count).